The van der Waals surface area contributed by atoms with Gasteiger partial charge in [0.15, 0.2) is 11.6 Å². The molecule has 3 aromatic carbocycles. The Morgan fingerprint density at radius 1 is 0.894 bits per heavy atom. The van der Waals surface area contributed by atoms with Gasteiger partial charge in [0, 0.05) is 29.2 Å². The minimum Gasteiger partial charge on any atom is -0.462 e. The van der Waals surface area contributed by atoms with Gasteiger partial charge in [0.1, 0.15) is 0 Å². The maximum Gasteiger partial charge on any atom is 0.333 e. The molecule has 47 heavy (non-hydrogen) atoms. The fourth-order valence-electron chi connectivity index (χ4n) is 7.02. The first-order valence-electron chi connectivity index (χ1n) is 17.7. The molecule has 1 unspecified atom stereocenters. The van der Waals surface area contributed by atoms with Gasteiger partial charge < -0.3 is 9.84 Å². The lowest BCUT2D eigenvalue weighted by molar-refractivity contribution is -0.140. The van der Waals surface area contributed by atoms with Crippen LogP contribution in [-0.4, -0.2) is 32.4 Å². The SMILES string of the molecule is C=C(C)C(=O)OCC(CO)CCC[Si](C)(C)c1ccc(-c2ccc(-c3ccc(C4CCC(CCCCC)CC4)cc3)c(F)c2F)cc1. The number of unbranched alkanes of at least 4 members (excludes halogenated alkanes) is 2. The Morgan fingerprint density at radius 3 is 2.00 bits per heavy atom. The van der Waals surface area contributed by atoms with Gasteiger partial charge in [0.2, 0.25) is 0 Å². The quantitative estimate of drug-likeness (QED) is 0.0720. The zero-order valence-corrected chi connectivity index (χ0v) is 29.9. The number of hydrogen-bond acceptors (Lipinski definition) is 3. The topological polar surface area (TPSA) is 46.5 Å². The van der Waals surface area contributed by atoms with Gasteiger partial charge in [-0.2, -0.15) is 0 Å². The van der Waals surface area contributed by atoms with Gasteiger partial charge in [0.25, 0.3) is 0 Å². The maximum atomic E-state index is 15.5. The number of benzene rings is 3. The summed E-state index contributed by atoms with van der Waals surface area (Å²) in [4.78, 5) is 11.7. The van der Waals surface area contributed by atoms with Crippen molar-refractivity contribution < 1.29 is 23.4 Å². The Bertz CT molecular complexity index is 1460. The van der Waals surface area contributed by atoms with Crippen molar-refractivity contribution in [3.8, 4) is 22.3 Å². The van der Waals surface area contributed by atoms with E-state index in [9.17, 15) is 9.90 Å². The van der Waals surface area contributed by atoms with E-state index in [0.717, 1.165) is 24.8 Å². The Kier molecular flexibility index (Phi) is 13.6. The molecule has 254 valence electrons. The lowest BCUT2D eigenvalue weighted by Crippen LogP contribution is -2.41. The lowest BCUT2D eigenvalue weighted by atomic mass is 9.77. The molecule has 1 aliphatic carbocycles. The fraction of sp³-hybridized carbons (Fsp3) is 0.488. The highest BCUT2D eigenvalue weighted by atomic mass is 28.3. The molecule has 0 saturated heterocycles. The molecule has 6 heteroatoms. The van der Waals surface area contributed by atoms with Crippen molar-refractivity contribution in [1.82, 2.24) is 0 Å². The van der Waals surface area contributed by atoms with Gasteiger partial charge >= 0.3 is 5.97 Å². The summed E-state index contributed by atoms with van der Waals surface area (Å²) < 4.78 is 36.2. The standard InChI is InChI=1S/C41H54F2O3Si/c1-6-7-8-10-30-12-14-32(15-13-30)33-16-18-34(19-17-33)37-24-25-38(40(43)39(37)42)35-20-22-36(23-21-35)47(4,5)26-9-11-31(27-44)28-46-41(45)29(2)3/h16-25,30-32,44H,2,6-15,26-28H2,1,3-5H3. The van der Waals surface area contributed by atoms with Crippen LogP contribution >= 0.6 is 0 Å². The van der Waals surface area contributed by atoms with Crippen LogP contribution in [0.15, 0.2) is 72.8 Å². The molecule has 0 heterocycles. The molecule has 1 aliphatic rings. The second-order valence-corrected chi connectivity index (χ2v) is 19.3. The van der Waals surface area contributed by atoms with Crippen LogP contribution in [0.25, 0.3) is 22.3 Å². The van der Waals surface area contributed by atoms with E-state index in [1.165, 1.54) is 62.1 Å². The van der Waals surface area contributed by atoms with E-state index in [-0.39, 0.29) is 30.3 Å². The molecule has 1 saturated carbocycles. The summed E-state index contributed by atoms with van der Waals surface area (Å²) in [5.74, 6) is -0.746. The fourth-order valence-corrected chi connectivity index (χ4v) is 9.47. The summed E-state index contributed by atoms with van der Waals surface area (Å²) in [7, 11) is -1.82. The highest BCUT2D eigenvalue weighted by Crippen LogP contribution is 2.39. The average Bonchev–Trinajstić information content (AvgIpc) is 3.08. The minimum absolute atomic E-state index is 0.0352. The van der Waals surface area contributed by atoms with E-state index >= 15 is 8.78 Å². The van der Waals surface area contributed by atoms with E-state index in [1.54, 1.807) is 19.1 Å². The number of carbonyl (C=O) groups excluding carboxylic acids is 1. The van der Waals surface area contributed by atoms with Crippen LogP contribution in [0.4, 0.5) is 8.78 Å². The van der Waals surface area contributed by atoms with Gasteiger partial charge in [-0.1, -0.05) is 131 Å². The first-order valence-corrected chi connectivity index (χ1v) is 20.9. The van der Waals surface area contributed by atoms with Crippen LogP contribution in [0.1, 0.15) is 89.5 Å². The molecule has 0 radical (unpaired) electrons. The summed E-state index contributed by atoms with van der Waals surface area (Å²) in [6, 6.07) is 20.4. The normalized spacial score (nSPS) is 17.3. The zero-order valence-electron chi connectivity index (χ0n) is 28.9. The van der Waals surface area contributed by atoms with Crippen molar-refractivity contribution >= 4 is 19.2 Å². The molecular weight excluding hydrogens is 607 g/mol. The Labute approximate surface area is 282 Å². The summed E-state index contributed by atoms with van der Waals surface area (Å²) in [5.41, 5.74) is 3.56. The van der Waals surface area contributed by atoms with Gasteiger partial charge in [-0.3, -0.25) is 0 Å². The maximum absolute atomic E-state index is 15.5. The number of hydrogen-bond donors (Lipinski definition) is 1. The number of rotatable bonds is 16. The smallest absolute Gasteiger partial charge is 0.333 e. The second-order valence-electron chi connectivity index (χ2n) is 14.4. The summed E-state index contributed by atoms with van der Waals surface area (Å²) >= 11 is 0. The van der Waals surface area contributed by atoms with Crippen LogP contribution in [0, 0.1) is 23.5 Å². The Balaban J connectivity index is 1.35. The molecule has 1 atom stereocenters. The molecule has 1 fully saturated rings. The molecule has 0 aliphatic heterocycles. The summed E-state index contributed by atoms with van der Waals surface area (Å²) in [6.45, 7) is 12.2. The number of ether oxygens (including phenoxy) is 1. The number of aliphatic hydroxyl groups excluding tert-OH is 1. The van der Waals surface area contributed by atoms with E-state index in [1.807, 2.05) is 36.4 Å². The molecule has 4 rings (SSSR count). The van der Waals surface area contributed by atoms with Crippen molar-refractivity contribution in [2.75, 3.05) is 13.2 Å². The monoisotopic (exact) mass is 660 g/mol. The molecule has 0 spiro atoms. The van der Waals surface area contributed by atoms with Crippen LogP contribution in [0.3, 0.4) is 0 Å². The Morgan fingerprint density at radius 2 is 1.47 bits per heavy atom. The average molecular weight is 661 g/mol. The largest absolute Gasteiger partial charge is 0.462 e. The molecule has 1 N–H and O–H groups in total. The first-order chi connectivity index (χ1) is 22.5. The van der Waals surface area contributed by atoms with Crippen LogP contribution < -0.4 is 5.19 Å². The molecule has 0 aromatic heterocycles. The third-order valence-corrected chi connectivity index (χ3v) is 13.8. The molecule has 3 aromatic rings. The van der Waals surface area contributed by atoms with Gasteiger partial charge in [-0.25, -0.2) is 13.6 Å². The predicted octanol–water partition coefficient (Wildman–Crippen LogP) is 10.6. The van der Waals surface area contributed by atoms with Gasteiger partial charge in [-0.15, -0.1) is 0 Å². The van der Waals surface area contributed by atoms with Crippen molar-refractivity contribution in [1.29, 1.82) is 0 Å². The number of aliphatic hydroxyl groups is 1. The van der Waals surface area contributed by atoms with Crippen LogP contribution in [0.5, 0.6) is 0 Å². The molecular formula is C41H54F2O3Si. The van der Waals surface area contributed by atoms with E-state index in [4.69, 9.17) is 4.74 Å². The minimum atomic E-state index is -1.82. The van der Waals surface area contributed by atoms with Crippen molar-refractivity contribution in [3.05, 3.63) is 90.0 Å². The highest BCUT2D eigenvalue weighted by molar-refractivity contribution is 6.89. The molecule has 0 bridgehead atoms. The van der Waals surface area contributed by atoms with Crippen molar-refractivity contribution in [2.24, 2.45) is 11.8 Å². The van der Waals surface area contributed by atoms with Crippen molar-refractivity contribution in [2.45, 2.75) is 103 Å². The highest BCUT2D eigenvalue weighted by Gasteiger charge is 2.25. The first kappa shape index (κ1) is 36.7. The molecule has 0 amide bonds. The zero-order chi connectivity index (χ0) is 34.0. The van der Waals surface area contributed by atoms with Crippen molar-refractivity contribution in [3.63, 3.8) is 0 Å². The summed E-state index contributed by atoms with van der Waals surface area (Å²) in [6.07, 6.45) is 12.0. The number of esters is 1. The second kappa shape index (κ2) is 17.3. The third-order valence-electron chi connectivity index (χ3n) is 10.3. The van der Waals surface area contributed by atoms with E-state index in [2.05, 4.69) is 38.7 Å². The van der Waals surface area contributed by atoms with E-state index < -0.39 is 25.7 Å². The van der Waals surface area contributed by atoms with Crippen LogP contribution in [-0.2, 0) is 9.53 Å². The lowest BCUT2D eigenvalue weighted by Gasteiger charge is -2.29. The molecule has 3 nitrogen and oxygen atoms in total. The summed E-state index contributed by atoms with van der Waals surface area (Å²) in [5, 5.41) is 11.0. The van der Waals surface area contributed by atoms with Gasteiger partial charge in [0.05, 0.1) is 14.7 Å². The predicted molar refractivity (Wildman–Crippen MR) is 194 cm³/mol. The van der Waals surface area contributed by atoms with E-state index in [0.29, 0.717) is 22.6 Å². The Hall–Kier alpha value is -3.09. The van der Waals surface area contributed by atoms with Gasteiger partial charge in [-0.05, 0) is 67.6 Å². The van der Waals surface area contributed by atoms with Crippen LogP contribution in [0.2, 0.25) is 19.1 Å². The number of carbonyl (C=O) groups is 1. The number of halogens is 2. The third kappa shape index (κ3) is 9.96.